The molecule has 4 nitrogen and oxygen atoms in total. The number of ether oxygens (including phenoxy) is 1. The molecule has 4 heteroatoms. The van der Waals surface area contributed by atoms with Crippen molar-refractivity contribution in [3.63, 3.8) is 0 Å². The van der Waals surface area contributed by atoms with Gasteiger partial charge in [0, 0.05) is 33.2 Å². The summed E-state index contributed by atoms with van der Waals surface area (Å²) in [6, 6.07) is 0.292. The van der Waals surface area contributed by atoms with Crippen molar-refractivity contribution >= 4 is 0 Å². The number of hydrogen-bond donors (Lipinski definition) is 1. The minimum atomic E-state index is 0.292. The number of aromatic nitrogens is 2. The molecule has 0 amide bonds. The molecule has 80 valence electrons. The van der Waals surface area contributed by atoms with Gasteiger partial charge in [0.1, 0.15) is 5.82 Å². The highest BCUT2D eigenvalue weighted by Crippen LogP contribution is 2.13. The summed E-state index contributed by atoms with van der Waals surface area (Å²) in [6.45, 7) is 3.80. The van der Waals surface area contributed by atoms with Gasteiger partial charge in [-0.25, -0.2) is 4.98 Å². The van der Waals surface area contributed by atoms with Crippen LogP contribution in [-0.4, -0.2) is 29.8 Å². The predicted octanol–water partition coefficient (Wildman–Crippen LogP) is 1.11. The Morgan fingerprint density at radius 3 is 2.93 bits per heavy atom. The van der Waals surface area contributed by atoms with Gasteiger partial charge in [0.25, 0.3) is 0 Å². The number of rotatable bonds is 6. The van der Waals surface area contributed by atoms with Crippen LogP contribution in [0, 0.1) is 0 Å². The van der Waals surface area contributed by atoms with Crippen LogP contribution in [0.4, 0.5) is 0 Å². The number of nitrogens with one attached hydrogen (secondary N) is 1. The van der Waals surface area contributed by atoms with E-state index in [0.717, 1.165) is 25.4 Å². The predicted molar refractivity (Wildman–Crippen MR) is 56.1 cm³/mol. The van der Waals surface area contributed by atoms with Crippen LogP contribution in [0.25, 0.3) is 0 Å². The average molecular weight is 197 g/mol. The summed E-state index contributed by atoms with van der Waals surface area (Å²) in [5, 5.41) is 3.40. The Hall–Kier alpha value is -0.870. The molecule has 0 aromatic carbocycles. The third-order valence-electron chi connectivity index (χ3n) is 2.23. The van der Waals surface area contributed by atoms with Crippen molar-refractivity contribution in [3.8, 4) is 0 Å². The lowest BCUT2D eigenvalue weighted by Gasteiger charge is -2.16. The van der Waals surface area contributed by atoms with Crippen LogP contribution < -0.4 is 5.32 Å². The van der Waals surface area contributed by atoms with E-state index in [1.165, 1.54) is 0 Å². The smallest absolute Gasteiger partial charge is 0.125 e. The molecule has 1 heterocycles. The second-order valence-electron chi connectivity index (χ2n) is 3.29. The van der Waals surface area contributed by atoms with E-state index in [1.54, 1.807) is 7.11 Å². The average Bonchev–Trinajstić information content (AvgIpc) is 2.59. The first kappa shape index (κ1) is 11.2. The molecule has 0 bridgehead atoms. The van der Waals surface area contributed by atoms with Crippen LogP contribution in [0.1, 0.15) is 25.2 Å². The van der Waals surface area contributed by atoms with Crippen LogP contribution in [0.3, 0.4) is 0 Å². The maximum absolute atomic E-state index is 5.08. The van der Waals surface area contributed by atoms with E-state index in [9.17, 15) is 0 Å². The molecule has 0 saturated heterocycles. The molecule has 0 aliphatic rings. The second-order valence-corrected chi connectivity index (χ2v) is 3.29. The Balaban J connectivity index is 2.62. The Morgan fingerprint density at radius 1 is 1.64 bits per heavy atom. The van der Waals surface area contributed by atoms with E-state index in [-0.39, 0.29) is 0 Å². The molecule has 1 unspecified atom stereocenters. The highest BCUT2D eigenvalue weighted by molar-refractivity contribution is 4.98. The lowest BCUT2D eigenvalue weighted by atomic mass is 10.2. The quantitative estimate of drug-likeness (QED) is 0.742. The van der Waals surface area contributed by atoms with E-state index in [4.69, 9.17) is 4.74 Å². The lowest BCUT2D eigenvalue weighted by molar-refractivity contribution is 0.181. The largest absolute Gasteiger partial charge is 0.385 e. The summed E-state index contributed by atoms with van der Waals surface area (Å²) >= 11 is 0. The number of methoxy groups -OCH3 is 1. The van der Waals surface area contributed by atoms with Crippen molar-refractivity contribution in [2.75, 3.05) is 20.3 Å². The summed E-state index contributed by atoms with van der Waals surface area (Å²) in [4.78, 5) is 4.33. The molecule has 0 aliphatic heterocycles. The normalized spacial score (nSPS) is 13.1. The highest BCUT2D eigenvalue weighted by Gasteiger charge is 2.13. The maximum Gasteiger partial charge on any atom is 0.125 e. The third kappa shape index (κ3) is 2.82. The van der Waals surface area contributed by atoms with Crippen molar-refractivity contribution in [2.45, 2.75) is 19.4 Å². The van der Waals surface area contributed by atoms with E-state index >= 15 is 0 Å². The molecule has 0 spiro atoms. The fourth-order valence-corrected chi connectivity index (χ4v) is 1.52. The van der Waals surface area contributed by atoms with Gasteiger partial charge in [-0.05, 0) is 13.0 Å². The fraction of sp³-hybridized carbons (Fsp3) is 0.700. The Kier molecular flexibility index (Phi) is 4.62. The number of nitrogens with zero attached hydrogens (tertiary/aromatic N) is 2. The molecule has 1 N–H and O–H groups in total. The zero-order chi connectivity index (χ0) is 10.4. The van der Waals surface area contributed by atoms with Crippen LogP contribution in [-0.2, 0) is 11.8 Å². The summed E-state index contributed by atoms with van der Waals surface area (Å²) < 4.78 is 7.12. The van der Waals surface area contributed by atoms with Crippen molar-refractivity contribution < 1.29 is 4.74 Å². The van der Waals surface area contributed by atoms with E-state index < -0.39 is 0 Å². The van der Waals surface area contributed by atoms with Gasteiger partial charge in [0.15, 0.2) is 0 Å². The van der Waals surface area contributed by atoms with E-state index in [0.29, 0.717) is 6.04 Å². The molecule has 1 rings (SSSR count). The Labute approximate surface area is 85.3 Å². The van der Waals surface area contributed by atoms with Gasteiger partial charge in [-0.1, -0.05) is 6.92 Å². The first-order valence-electron chi connectivity index (χ1n) is 4.99. The lowest BCUT2D eigenvalue weighted by Crippen LogP contribution is -2.24. The minimum Gasteiger partial charge on any atom is -0.385 e. The fourth-order valence-electron chi connectivity index (χ4n) is 1.52. The Morgan fingerprint density at radius 2 is 2.43 bits per heavy atom. The standard InChI is InChI=1S/C10H19N3O/c1-4-11-9(5-8-14-3)10-12-6-7-13(10)2/h6-7,9,11H,4-5,8H2,1-3H3. The molecule has 14 heavy (non-hydrogen) atoms. The molecule has 0 radical (unpaired) electrons. The zero-order valence-corrected chi connectivity index (χ0v) is 9.16. The molecule has 1 aromatic heterocycles. The van der Waals surface area contributed by atoms with Crippen molar-refractivity contribution in [2.24, 2.45) is 7.05 Å². The molecule has 1 atom stereocenters. The second kappa shape index (κ2) is 5.78. The van der Waals surface area contributed by atoms with Crippen molar-refractivity contribution in [3.05, 3.63) is 18.2 Å². The van der Waals surface area contributed by atoms with Gasteiger partial charge < -0.3 is 14.6 Å². The van der Waals surface area contributed by atoms with Gasteiger partial charge in [0.05, 0.1) is 6.04 Å². The number of imidazole rings is 1. The van der Waals surface area contributed by atoms with E-state index in [1.807, 2.05) is 24.0 Å². The van der Waals surface area contributed by atoms with Crippen LogP contribution in [0.15, 0.2) is 12.4 Å². The molecular weight excluding hydrogens is 178 g/mol. The summed E-state index contributed by atoms with van der Waals surface area (Å²) in [7, 11) is 3.74. The minimum absolute atomic E-state index is 0.292. The molecule has 0 aliphatic carbocycles. The van der Waals surface area contributed by atoms with Gasteiger partial charge in [-0.3, -0.25) is 0 Å². The van der Waals surface area contributed by atoms with Crippen LogP contribution in [0.2, 0.25) is 0 Å². The van der Waals surface area contributed by atoms with E-state index in [2.05, 4.69) is 17.2 Å². The zero-order valence-electron chi connectivity index (χ0n) is 9.16. The topological polar surface area (TPSA) is 39.1 Å². The Bertz CT molecular complexity index is 260. The number of hydrogen-bond acceptors (Lipinski definition) is 3. The van der Waals surface area contributed by atoms with Crippen molar-refractivity contribution in [1.29, 1.82) is 0 Å². The summed E-state index contributed by atoms with van der Waals surface area (Å²) in [6.07, 6.45) is 4.74. The maximum atomic E-state index is 5.08. The van der Waals surface area contributed by atoms with Crippen molar-refractivity contribution in [1.82, 2.24) is 14.9 Å². The third-order valence-corrected chi connectivity index (χ3v) is 2.23. The highest BCUT2D eigenvalue weighted by atomic mass is 16.5. The van der Waals surface area contributed by atoms with Crippen LogP contribution >= 0.6 is 0 Å². The summed E-state index contributed by atoms with van der Waals surface area (Å²) in [5.74, 6) is 1.07. The summed E-state index contributed by atoms with van der Waals surface area (Å²) in [5.41, 5.74) is 0. The van der Waals surface area contributed by atoms with Gasteiger partial charge in [0.2, 0.25) is 0 Å². The first-order chi connectivity index (χ1) is 6.79. The van der Waals surface area contributed by atoms with Crippen LogP contribution in [0.5, 0.6) is 0 Å². The van der Waals surface area contributed by atoms with Gasteiger partial charge in [-0.2, -0.15) is 0 Å². The first-order valence-corrected chi connectivity index (χ1v) is 4.99. The number of aryl methyl sites for hydroxylation is 1. The SMILES string of the molecule is CCNC(CCOC)c1nccn1C. The molecular formula is C10H19N3O. The molecule has 0 fully saturated rings. The molecule has 0 saturated carbocycles. The van der Waals surface area contributed by atoms with Gasteiger partial charge in [-0.15, -0.1) is 0 Å². The molecule has 1 aromatic rings. The van der Waals surface area contributed by atoms with Gasteiger partial charge >= 0.3 is 0 Å². The monoisotopic (exact) mass is 197 g/mol.